The van der Waals surface area contributed by atoms with Gasteiger partial charge in [-0.1, -0.05) is 289 Å². The first kappa shape index (κ1) is 36.5. The number of hydrogen-bond donors (Lipinski definition) is 0. The maximum absolute atomic E-state index is 11.0. The van der Waals surface area contributed by atoms with Crippen LogP contribution in [0.4, 0.5) is 0 Å². The van der Waals surface area contributed by atoms with E-state index in [0.29, 0.717) is 22.5 Å². The second-order valence-electron chi connectivity index (χ2n) is 25.1. The number of fused-ring (bicyclic) bond motifs is 4. The molecule has 16 rings (SSSR count). The number of hydrogen-bond acceptors (Lipinski definition) is 2. The number of aromatic nitrogens is 4. The van der Waals surface area contributed by atoms with Gasteiger partial charge in [0.15, 0.2) is 8.07 Å². The molecule has 3 heterocycles. The summed E-state index contributed by atoms with van der Waals surface area (Å²) in [7, 11) is -6.95. The molecule has 0 saturated heterocycles. The number of rotatable bonds is 14. The summed E-state index contributed by atoms with van der Waals surface area (Å²) in [6.45, 7) is 12.3. The standard InChI is InChI=1S/C92H72N4OSi.Pt/c1-91(2,3)73-47-44-67(45-48-73)68-46-51-85-87(58-68)94(75-34-27-35-76(61-75)97-77-49-50-82-81-42-25-26-43-84(81)96(86(82)62-77)89-60-74(52-53-93-89)92(4,5)6)63-95(85)90-83(72-55-69(64-28-13-7-14-29-64)54-70(56-72)65-30-15-8-16-31-65)57-71(66-32-17-9-18-33-66)59-88(90)98(78-36-19-10-20-37-78,79-38-21-11-22-39-79)80-40-23-12-24-41-80;/h7-60H,1-6H3;/q-2;/i7D,8D,9D,10D,11D,12D,13D,14D,15D,16D,17D,18D,19D,20D,21D,22D,23D,24D,28D,29D,30D,31D,32D,33D,36D,37D,38D,39D,40D,41D,54D,55D,56D;. The molecule has 99 heavy (non-hydrogen) atoms. The van der Waals surface area contributed by atoms with Crippen LogP contribution in [-0.2, 0) is 31.9 Å². The summed E-state index contributed by atoms with van der Waals surface area (Å²) in [5.41, 5.74) is -5.29. The van der Waals surface area contributed by atoms with Crippen LogP contribution in [0.1, 0.15) is 97.9 Å². The predicted molar refractivity (Wildman–Crippen MR) is 408 cm³/mol. The maximum Gasteiger partial charge on any atom is 0.268 e. The maximum atomic E-state index is 11.0. The van der Waals surface area contributed by atoms with E-state index in [1.54, 1.807) is 42.6 Å². The molecule has 7 heteroatoms. The average Bonchev–Trinajstić information content (AvgIpc) is 0.848. The SMILES string of the molecule is [2H]c1c([2H])c([2H])c(-c2cc(-c3c([2H])c(-c4c([2H])c([2H])c([2H])c([2H])c4[2H])c([2H])c(-c4c([2H])c([2H])c([2H])c([2H])c4[2H])c3[2H])c(-[n+]3[c-]n(-c4[c-]c(Oc5[c-]c6c(cc5)c5ccccc5n6-c5cc(C(C)(C)C)ccn5)ccc4)c4cc(-c5ccc(C(C)(C)C)cc5)ccc43)c([Si](c3c([2H])c([2H])c([2H])c([2H])c3[2H])(c3c([2H])c([2H])c([2H])c([2H])c3[2H])c3c([2H])c([2H])c([2H])c([2H])c3[2H])c2)c([2H])c1[2H].[Pt]. The molecule has 16 aromatic rings. The molecule has 0 radical (unpaired) electrons. The molecule has 0 spiro atoms. The van der Waals surface area contributed by atoms with Gasteiger partial charge in [-0.05, 0) is 158 Å². The van der Waals surface area contributed by atoms with E-state index < -0.39 is 278 Å². The van der Waals surface area contributed by atoms with Crippen LogP contribution in [0, 0.1) is 18.5 Å². The van der Waals surface area contributed by atoms with Crippen LogP contribution in [0.2, 0.25) is 0 Å². The zero-order valence-electron chi connectivity index (χ0n) is 86.6. The van der Waals surface area contributed by atoms with Gasteiger partial charge in [0.2, 0.25) is 0 Å². The minimum atomic E-state index is -6.95. The summed E-state index contributed by atoms with van der Waals surface area (Å²) in [6.07, 6.45) is 5.09. The molecule has 0 aliphatic rings. The number of imidazole rings is 1. The number of para-hydroxylation sites is 1. The molecule has 0 bridgehead atoms. The van der Waals surface area contributed by atoms with E-state index in [-0.39, 0.29) is 60.1 Å². The second-order valence-corrected chi connectivity index (χ2v) is 28.6. The Balaban J connectivity index is 0.0000133. The molecule has 482 valence electrons. The first-order chi connectivity index (χ1) is 61.5. The van der Waals surface area contributed by atoms with E-state index >= 15 is 0 Å². The van der Waals surface area contributed by atoms with Gasteiger partial charge in [0.05, 0.1) is 62.0 Å². The van der Waals surface area contributed by atoms with E-state index in [0.717, 1.165) is 44.1 Å². The van der Waals surface area contributed by atoms with Crippen molar-refractivity contribution in [2.75, 3.05) is 0 Å². The van der Waals surface area contributed by atoms with Crippen LogP contribution in [-0.4, -0.2) is 22.2 Å². The van der Waals surface area contributed by atoms with Crippen molar-refractivity contribution in [2.45, 2.75) is 52.4 Å². The topological polar surface area (TPSA) is 35.9 Å². The zero-order chi connectivity index (χ0) is 95.3. The number of benzene rings is 13. The second kappa shape index (κ2) is 26.4. The van der Waals surface area contributed by atoms with Crippen molar-refractivity contribution in [1.82, 2.24) is 14.1 Å². The van der Waals surface area contributed by atoms with E-state index in [1.165, 1.54) is 10.6 Å². The predicted octanol–water partition coefficient (Wildman–Crippen LogP) is 19.9. The number of ether oxygens (including phenoxy) is 1. The Morgan fingerprint density at radius 2 is 0.970 bits per heavy atom. The molecule has 0 N–H and O–H groups in total. The summed E-state index contributed by atoms with van der Waals surface area (Å²) in [6, 6.07) is 1.52. The van der Waals surface area contributed by atoms with Gasteiger partial charge in [-0.2, -0.15) is 18.2 Å². The van der Waals surface area contributed by atoms with Gasteiger partial charge < -0.3 is 13.9 Å². The Morgan fingerprint density at radius 3 is 1.56 bits per heavy atom. The first-order valence-electron chi connectivity index (χ1n) is 47.5. The number of nitrogens with zero attached hydrogens (tertiary/aromatic N) is 4. The molecular weight excluding hydrogens is 1400 g/mol. The van der Waals surface area contributed by atoms with Crippen molar-refractivity contribution in [3.05, 3.63) is 357 Å². The van der Waals surface area contributed by atoms with Gasteiger partial charge in [-0.25, -0.2) is 4.98 Å². The van der Waals surface area contributed by atoms with Gasteiger partial charge in [0, 0.05) is 44.3 Å². The van der Waals surface area contributed by atoms with Gasteiger partial charge in [0.25, 0.3) is 6.33 Å². The Morgan fingerprint density at radius 1 is 0.434 bits per heavy atom. The van der Waals surface area contributed by atoms with Crippen LogP contribution >= 0.6 is 0 Å². The summed E-state index contributed by atoms with van der Waals surface area (Å²) in [5.74, 6) is 0.694. The van der Waals surface area contributed by atoms with Crippen LogP contribution in [0.3, 0.4) is 0 Å². The molecule has 0 amide bonds. The van der Waals surface area contributed by atoms with Gasteiger partial charge in [-0.15, -0.1) is 29.7 Å². The monoisotopic (exact) mass is 1500 g/mol. The van der Waals surface area contributed by atoms with E-state index in [9.17, 15) is 35.6 Å². The Labute approximate surface area is 642 Å². The largest absolute Gasteiger partial charge is 0.510 e. The summed E-state index contributed by atoms with van der Waals surface area (Å²) < 4.78 is 333. The Bertz CT molecular complexity index is 7280. The van der Waals surface area contributed by atoms with Gasteiger partial charge in [-0.3, -0.25) is 4.57 Å². The molecule has 0 saturated carbocycles. The average molecular weight is 1510 g/mol. The molecule has 5 nitrogen and oxygen atoms in total. The summed E-state index contributed by atoms with van der Waals surface area (Å²) in [5, 5.41) is -2.88. The van der Waals surface area contributed by atoms with Crippen LogP contribution in [0.5, 0.6) is 11.5 Å². The van der Waals surface area contributed by atoms with Crippen molar-refractivity contribution in [3.63, 3.8) is 0 Å². The Hall–Kier alpha value is -11.0. The van der Waals surface area contributed by atoms with Crippen molar-refractivity contribution in [1.29, 1.82) is 0 Å². The fraction of sp³-hybridized carbons (Fsp3) is 0.0870. The molecule has 0 atom stereocenters. The summed E-state index contributed by atoms with van der Waals surface area (Å²) in [4.78, 5) is 4.84. The molecule has 13 aromatic carbocycles. The molecule has 0 aliphatic heterocycles. The van der Waals surface area contributed by atoms with Gasteiger partial charge >= 0.3 is 0 Å². The minimum absolute atomic E-state index is 0. The third kappa shape index (κ3) is 12.1. The smallest absolute Gasteiger partial charge is 0.268 e. The summed E-state index contributed by atoms with van der Waals surface area (Å²) >= 11 is 0. The van der Waals surface area contributed by atoms with Crippen molar-refractivity contribution in [2.24, 2.45) is 0 Å². The van der Waals surface area contributed by atoms with Crippen molar-refractivity contribution >= 4 is 61.7 Å². The van der Waals surface area contributed by atoms with E-state index in [1.807, 2.05) is 92.1 Å². The third-order valence-corrected chi connectivity index (χ3v) is 21.2. The number of pyridine rings is 1. The molecule has 0 fully saturated rings. The quantitative estimate of drug-likeness (QED) is 0.0471. The van der Waals surface area contributed by atoms with Crippen molar-refractivity contribution in [3.8, 4) is 84.3 Å². The third-order valence-electron chi connectivity index (χ3n) is 17.0. The molecule has 3 aromatic heterocycles. The minimum Gasteiger partial charge on any atom is -0.510 e. The van der Waals surface area contributed by atoms with E-state index in [4.69, 9.17) is 19.3 Å². The van der Waals surface area contributed by atoms with Crippen LogP contribution in [0.25, 0.3) is 106 Å². The first-order valence-corrected chi connectivity index (χ1v) is 33.0. The zero-order valence-corrected chi connectivity index (χ0v) is 56.9. The molecular formula is C92H72N4OPtSi-2. The molecule has 0 unspecified atom stereocenters. The van der Waals surface area contributed by atoms with Gasteiger partial charge in [0.1, 0.15) is 5.82 Å². The van der Waals surface area contributed by atoms with Crippen molar-refractivity contribution < 1.29 is 75.6 Å². The van der Waals surface area contributed by atoms with E-state index in [2.05, 4.69) is 39.2 Å². The normalized spacial score (nSPS) is 16.5. The van der Waals surface area contributed by atoms with Crippen LogP contribution in [0.15, 0.2) is 327 Å². The fourth-order valence-corrected chi connectivity index (χ4v) is 16.3. The Kier molecular flexibility index (Phi) is 9.75. The molecule has 0 aliphatic carbocycles. The fourth-order valence-electron chi connectivity index (χ4n) is 12.3. The van der Waals surface area contributed by atoms with Crippen LogP contribution < -0.4 is 30.1 Å².